The highest BCUT2D eigenvalue weighted by Gasteiger charge is 2.19. The average molecular weight is 368 g/mol. The van der Waals surface area contributed by atoms with Gasteiger partial charge in [0, 0.05) is 17.0 Å². The molecule has 0 bridgehead atoms. The molecule has 0 unspecified atom stereocenters. The van der Waals surface area contributed by atoms with E-state index in [0.717, 1.165) is 16.5 Å². The van der Waals surface area contributed by atoms with Crippen molar-refractivity contribution < 1.29 is 4.79 Å². The van der Waals surface area contributed by atoms with Crippen LogP contribution in [0.5, 0.6) is 0 Å². The van der Waals surface area contributed by atoms with Crippen molar-refractivity contribution in [3.05, 3.63) is 76.4 Å². The van der Waals surface area contributed by atoms with Gasteiger partial charge in [0.05, 0.1) is 22.8 Å². The smallest absolute Gasteiger partial charge is 0.253 e. The van der Waals surface area contributed by atoms with Crippen LogP contribution in [-0.2, 0) is 0 Å². The molecule has 0 aliphatic heterocycles. The van der Waals surface area contributed by atoms with Gasteiger partial charge in [0.25, 0.3) is 5.91 Å². The van der Waals surface area contributed by atoms with E-state index in [-0.39, 0.29) is 11.9 Å². The zero-order chi connectivity index (χ0) is 18.7. The average Bonchev–Trinajstić information content (AvgIpc) is 2.61. The van der Waals surface area contributed by atoms with E-state index < -0.39 is 0 Å². The van der Waals surface area contributed by atoms with Crippen LogP contribution in [0.2, 0.25) is 5.02 Å². The second-order valence-electron chi connectivity index (χ2n) is 6.66. The van der Waals surface area contributed by atoms with Crippen molar-refractivity contribution in [3.8, 4) is 0 Å². The Morgan fingerprint density at radius 2 is 1.88 bits per heavy atom. The Labute approximate surface area is 158 Å². The molecule has 1 aromatic heterocycles. The Hall–Kier alpha value is -2.43. The maximum atomic E-state index is 13.0. The maximum Gasteiger partial charge on any atom is 0.253 e. The topological polar surface area (TPSA) is 45.2 Å². The molecule has 0 aliphatic rings. The molecule has 0 saturated heterocycles. The zero-order valence-corrected chi connectivity index (χ0v) is 15.9. The van der Waals surface area contributed by atoms with Gasteiger partial charge in [-0.25, -0.2) is 0 Å². The number of pyridine rings is 1. The summed E-state index contributed by atoms with van der Waals surface area (Å²) >= 11 is 6.08. The predicted octanol–water partition coefficient (Wildman–Crippen LogP) is 4.23. The van der Waals surface area contributed by atoms with E-state index in [1.807, 2.05) is 69.6 Å². The number of rotatable bonds is 5. The summed E-state index contributed by atoms with van der Waals surface area (Å²) in [5.74, 6) is -0.132. The summed E-state index contributed by atoms with van der Waals surface area (Å²) in [7, 11) is 3.99. The summed E-state index contributed by atoms with van der Waals surface area (Å²) in [4.78, 5) is 19.6. The molecule has 1 atom stereocenters. The lowest BCUT2D eigenvalue weighted by Crippen LogP contribution is -2.35. The molecule has 4 nitrogen and oxygen atoms in total. The summed E-state index contributed by atoms with van der Waals surface area (Å²) in [6, 6.07) is 17.2. The number of hydrogen-bond donors (Lipinski definition) is 1. The number of carbonyl (C=O) groups excluding carboxylic acids is 1. The first kappa shape index (κ1) is 18.4. The van der Waals surface area contributed by atoms with Gasteiger partial charge in [-0.3, -0.25) is 9.78 Å². The van der Waals surface area contributed by atoms with Crippen molar-refractivity contribution in [2.24, 2.45) is 0 Å². The molecule has 0 aliphatic carbocycles. The Balaban J connectivity index is 1.92. The Morgan fingerprint density at radius 3 is 2.58 bits per heavy atom. The fraction of sp³-hybridized carbons (Fsp3) is 0.238. The molecule has 5 heteroatoms. The van der Waals surface area contributed by atoms with Gasteiger partial charge in [0.1, 0.15) is 0 Å². The number of aryl methyl sites for hydroxylation is 1. The van der Waals surface area contributed by atoms with E-state index in [1.165, 1.54) is 0 Å². The van der Waals surface area contributed by atoms with Gasteiger partial charge < -0.3 is 10.2 Å². The van der Waals surface area contributed by atoms with Gasteiger partial charge in [-0.2, -0.15) is 0 Å². The first-order chi connectivity index (χ1) is 12.4. The normalized spacial score (nSPS) is 12.3. The number of fused-ring (bicyclic) bond motifs is 1. The number of aromatic nitrogens is 1. The minimum Gasteiger partial charge on any atom is -0.344 e. The highest BCUT2D eigenvalue weighted by atomic mass is 35.5. The molecule has 0 radical (unpaired) electrons. The molecule has 3 rings (SSSR count). The van der Waals surface area contributed by atoms with Crippen LogP contribution in [0, 0.1) is 6.92 Å². The van der Waals surface area contributed by atoms with Crippen LogP contribution in [0.15, 0.2) is 54.6 Å². The third-order valence-corrected chi connectivity index (χ3v) is 4.50. The molecule has 26 heavy (non-hydrogen) atoms. The minimum absolute atomic E-state index is 0.104. The molecular formula is C21H22ClN3O. The summed E-state index contributed by atoms with van der Waals surface area (Å²) < 4.78 is 0. The summed E-state index contributed by atoms with van der Waals surface area (Å²) in [5.41, 5.74) is 3.17. The van der Waals surface area contributed by atoms with E-state index in [9.17, 15) is 4.79 Å². The van der Waals surface area contributed by atoms with Gasteiger partial charge in [0.2, 0.25) is 0 Å². The van der Waals surface area contributed by atoms with E-state index >= 15 is 0 Å². The number of likely N-dealkylation sites (N-methyl/N-ethyl adjacent to an activating group) is 1. The van der Waals surface area contributed by atoms with Crippen molar-refractivity contribution in [2.45, 2.75) is 13.0 Å². The van der Waals surface area contributed by atoms with Gasteiger partial charge in [0.15, 0.2) is 0 Å². The SMILES string of the molecule is Cc1nc2ccc(Cl)cc2cc1C(=O)N[C@@H](CN(C)C)c1ccccc1. The van der Waals surface area contributed by atoms with Gasteiger partial charge in [-0.1, -0.05) is 41.9 Å². The molecule has 3 aromatic rings. The minimum atomic E-state index is -0.132. The Kier molecular flexibility index (Phi) is 5.55. The molecule has 1 N–H and O–H groups in total. The van der Waals surface area contributed by atoms with Crippen LogP contribution < -0.4 is 5.32 Å². The number of benzene rings is 2. The van der Waals surface area contributed by atoms with Crippen molar-refractivity contribution in [2.75, 3.05) is 20.6 Å². The van der Waals surface area contributed by atoms with Gasteiger partial charge >= 0.3 is 0 Å². The third kappa shape index (κ3) is 4.21. The number of carbonyl (C=O) groups is 1. The summed E-state index contributed by atoms with van der Waals surface area (Å²) in [6.45, 7) is 2.56. The van der Waals surface area contributed by atoms with E-state index in [4.69, 9.17) is 11.6 Å². The van der Waals surface area contributed by atoms with Crippen LogP contribution in [0.4, 0.5) is 0 Å². The van der Waals surface area contributed by atoms with Crippen molar-refractivity contribution in [1.29, 1.82) is 0 Å². The molecule has 0 fully saturated rings. The number of nitrogens with one attached hydrogen (secondary N) is 1. The molecule has 0 saturated carbocycles. The van der Waals surface area contributed by atoms with Crippen molar-refractivity contribution >= 4 is 28.4 Å². The lowest BCUT2D eigenvalue weighted by Gasteiger charge is -2.23. The first-order valence-corrected chi connectivity index (χ1v) is 8.89. The predicted molar refractivity (Wildman–Crippen MR) is 107 cm³/mol. The highest BCUT2D eigenvalue weighted by molar-refractivity contribution is 6.31. The highest BCUT2D eigenvalue weighted by Crippen LogP contribution is 2.22. The summed E-state index contributed by atoms with van der Waals surface area (Å²) in [6.07, 6.45) is 0. The largest absolute Gasteiger partial charge is 0.344 e. The first-order valence-electron chi connectivity index (χ1n) is 8.51. The fourth-order valence-electron chi connectivity index (χ4n) is 2.99. The van der Waals surface area contributed by atoms with E-state index in [1.54, 1.807) is 6.07 Å². The molecule has 1 heterocycles. The number of nitrogens with zero attached hydrogens (tertiary/aromatic N) is 2. The molecular weight excluding hydrogens is 346 g/mol. The van der Waals surface area contributed by atoms with E-state index in [2.05, 4.69) is 15.2 Å². The molecule has 134 valence electrons. The zero-order valence-electron chi connectivity index (χ0n) is 15.2. The summed E-state index contributed by atoms with van der Waals surface area (Å²) in [5, 5.41) is 4.63. The third-order valence-electron chi connectivity index (χ3n) is 4.27. The molecule has 0 spiro atoms. The van der Waals surface area contributed by atoms with Gasteiger partial charge in [-0.05, 0) is 50.8 Å². The van der Waals surface area contributed by atoms with Crippen LogP contribution in [-0.4, -0.2) is 36.4 Å². The van der Waals surface area contributed by atoms with Gasteiger partial charge in [-0.15, -0.1) is 0 Å². The van der Waals surface area contributed by atoms with Crippen LogP contribution in [0.1, 0.15) is 27.7 Å². The van der Waals surface area contributed by atoms with Crippen molar-refractivity contribution in [1.82, 2.24) is 15.2 Å². The second kappa shape index (κ2) is 7.85. The quantitative estimate of drug-likeness (QED) is 0.734. The number of amides is 1. The lowest BCUT2D eigenvalue weighted by atomic mass is 10.0. The number of hydrogen-bond acceptors (Lipinski definition) is 3. The van der Waals surface area contributed by atoms with Crippen LogP contribution in [0.25, 0.3) is 10.9 Å². The second-order valence-corrected chi connectivity index (χ2v) is 7.09. The Bertz CT molecular complexity index is 925. The Morgan fingerprint density at radius 1 is 1.15 bits per heavy atom. The maximum absolute atomic E-state index is 13.0. The lowest BCUT2D eigenvalue weighted by molar-refractivity contribution is 0.0929. The van der Waals surface area contributed by atoms with Crippen LogP contribution >= 0.6 is 11.6 Å². The molecule has 2 aromatic carbocycles. The van der Waals surface area contributed by atoms with Crippen molar-refractivity contribution in [3.63, 3.8) is 0 Å². The van der Waals surface area contributed by atoms with Crippen LogP contribution in [0.3, 0.4) is 0 Å². The van der Waals surface area contributed by atoms with E-state index in [0.29, 0.717) is 22.8 Å². The standard InChI is InChI=1S/C21H22ClN3O/c1-14-18(12-16-11-17(22)9-10-19(16)23-14)21(26)24-20(13-25(2)3)15-7-5-4-6-8-15/h4-12,20H,13H2,1-3H3,(H,24,26)/t20-/m0/s1. The molecule has 1 amide bonds. The monoisotopic (exact) mass is 367 g/mol. The number of halogens is 1. The fourth-order valence-corrected chi connectivity index (χ4v) is 3.17.